The molecule has 0 spiro atoms. The summed E-state index contributed by atoms with van der Waals surface area (Å²) in [7, 11) is 0. The molecule has 1 unspecified atom stereocenters. The van der Waals surface area contributed by atoms with Crippen molar-refractivity contribution in [3.63, 3.8) is 0 Å². The molecule has 6 nitrogen and oxygen atoms in total. The fourth-order valence-electron chi connectivity index (χ4n) is 1.59. The zero-order chi connectivity index (χ0) is 13.0. The lowest BCUT2D eigenvalue weighted by Gasteiger charge is -2.14. The summed E-state index contributed by atoms with van der Waals surface area (Å²) in [6.07, 6.45) is 4.43. The van der Waals surface area contributed by atoms with Gasteiger partial charge in [-0.1, -0.05) is 6.07 Å². The summed E-state index contributed by atoms with van der Waals surface area (Å²) in [6.45, 7) is 1.90. The predicted molar refractivity (Wildman–Crippen MR) is 67.2 cm³/mol. The Labute approximate surface area is 104 Å². The Bertz CT molecular complexity index is 545. The van der Waals surface area contributed by atoms with Crippen LogP contribution in [-0.4, -0.2) is 14.9 Å². The minimum Gasteiger partial charge on any atom is -0.371 e. The van der Waals surface area contributed by atoms with Gasteiger partial charge in [0.05, 0.1) is 16.7 Å². The minimum absolute atomic E-state index is 0.0414. The zero-order valence-electron chi connectivity index (χ0n) is 9.78. The Morgan fingerprint density at radius 1 is 1.33 bits per heavy atom. The Kier molecular flexibility index (Phi) is 3.47. The molecule has 2 aromatic heterocycles. The molecule has 0 aliphatic heterocycles. The van der Waals surface area contributed by atoms with Crippen LogP contribution in [0.3, 0.4) is 0 Å². The lowest BCUT2D eigenvalue weighted by molar-refractivity contribution is -0.384. The monoisotopic (exact) mass is 244 g/mol. The zero-order valence-corrected chi connectivity index (χ0v) is 9.78. The van der Waals surface area contributed by atoms with Crippen LogP contribution in [0.15, 0.2) is 42.9 Å². The Morgan fingerprint density at radius 3 is 2.83 bits per heavy atom. The standard InChI is InChI=1S/C12H12N4O2/c1-9(10-4-2-3-6-14-10)15-11-5-7-13-8-12(11)16(17)18/h2-9H,1H3,(H,13,15). The van der Waals surface area contributed by atoms with Crippen molar-refractivity contribution < 1.29 is 4.92 Å². The van der Waals surface area contributed by atoms with Crippen LogP contribution in [-0.2, 0) is 0 Å². The summed E-state index contributed by atoms with van der Waals surface area (Å²) in [4.78, 5) is 18.3. The van der Waals surface area contributed by atoms with Gasteiger partial charge < -0.3 is 5.32 Å². The van der Waals surface area contributed by atoms with Gasteiger partial charge in [-0.25, -0.2) is 0 Å². The molecule has 18 heavy (non-hydrogen) atoms. The predicted octanol–water partition coefficient (Wildman–Crippen LogP) is 2.56. The van der Waals surface area contributed by atoms with E-state index in [0.29, 0.717) is 5.69 Å². The molecule has 0 amide bonds. The first kappa shape index (κ1) is 12.0. The van der Waals surface area contributed by atoms with Crippen molar-refractivity contribution >= 4 is 11.4 Å². The first-order valence-corrected chi connectivity index (χ1v) is 5.44. The topological polar surface area (TPSA) is 81.0 Å². The van der Waals surface area contributed by atoms with Gasteiger partial charge in [0, 0.05) is 12.4 Å². The van der Waals surface area contributed by atoms with Crippen molar-refractivity contribution in [3.8, 4) is 0 Å². The van der Waals surface area contributed by atoms with Crippen molar-refractivity contribution in [1.82, 2.24) is 9.97 Å². The Hall–Kier alpha value is -2.50. The van der Waals surface area contributed by atoms with Crippen LogP contribution in [0.5, 0.6) is 0 Å². The van der Waals surface area contributed by atoms with E-state index in [1.54, 1.807) is 12.3 Å². The molecule has 0 saturated carbocycles. The third-order valence-electron chi connectivity index (χ3n) is 2.50. The molecule has 2 aromatic rings. The fraction of sp³-hybridized carbons (Fsp3) is 0.167. The lowest BCUT2D eigenvalue weighted by Crippen LogP contribution is -2.09. The van der Waals surface area contributed by atoms with E-state index >= 15 is 0 Å². The van der Waals surface area contributed by atoms with Crippen LogP contribution in [0.25, 0.3) is 0 Å². The number of hydrogen-bond donors (Lipinski definition) is 1. The van der Waals surface area contributed by atoms with E-state index in [2.05, 4.69) is 15.3 Å². The van der Waals surface area contributed by atoms with E-state index in [1.165, 1.54) is 12.4 Å². The van der Waals surface area contributed by atoms with Gasteiger partial charge in [0.1, 0.15) is 11.9 Å². The van der Waals surface area contributed by atoms with Crippen LogP contribution in [0.2, 0.25) is 0 Å². The second kappa shape index (κ2) is 5.22. The highest BCUT2D eigenvalue weighted by Gasteiger charge is 2.16. The summed E-state index contributed by atoms with van der Waals surface area (Å²) >= 11 is 0. The molecule has 1 N–H and O–H groups in total. The van der Waals surface area contributed by atoms with E-state index in [4.69, 9.17) is 0 Å². The van der Waals surface area contributed by atoms with Crippen molar-refractivity contribution in [1.29, 1.82) is 0 Å². The summed E-state index contributed by atoms with van der Waals surface area (Å²) in [5, 5.41) is 13.9. The third-order valence-corrected chi connectivity index (χ3v) is 2.50. The maximum Gasteiger partial charge on any atom is 0.310 e. The van der Waals surface area contributed by atoms with Gasteiger partial charge in [0.2, 0.25) is 0 Å². The molecule has 0 aromatic carbocycles. The molecule has 6 heteroatoms. The summed E-state index contributed by atoms with van der Waals surface area (Å²) < 4.78 is 0. The highest BCUT2D eigenvalue weighted by molar-refractivity contribution is 5.60. The number of nitrogens with one attached hydrogen (secondary N) is 1. The molecule has 0 aliphatic rings. The number of pyridine rings is 2. The number of rotatable bonds is 4. The number of aromatic nitrogens is 2. The number of hydrogen-bond acceptors (Lipinski definition) is 5. The van der Waals surface area contributed by atoms with E-state index in [0.717, 1.165) is 5.69 Å². The van der Waals surface area contributed by atoms with Gasteiger partial charge >= 0.3 is 5.69 Å². The van der Waals surface area contributed by atoms with Crippen molar-refractivity contribution in [2.45, 2.75) is 13.0 Å². The molecule has 0 radical (unpaired) electrons. The summed E-state index contributed by atoms with van der Waals surface area (Å²) in [6, 6.07) is 7.03. The second-order valence-electron chi connectivity index (χ2n) is 3.77. The van der Waals surface area contributed by atoms with Gasteiger partial charge in [-0.3, -0.25) is 20.1 Å². The Morgan fingerprint density at radius 2 is 2.17 bits per heavy atom. The van der Waals surface area contributed by atoms with E-state index in [-0.39, 0.29) is 11.7 Å². The molecule has 92 valence electrons. The number of nitrogens with zero attached hydrogens (tertiary/aromatic N) is 3. The molecule has 1 atom stereocenters. The first-order valence-electron chi connectivity index (χ1n) is 5.44. The quantitative estimate of drug-likeness (QED) is 0.660. The summed E-state index contributed by atoms with van der Waals surface area (Å²) in [5.41, 5.74) is 1.22. The average molecular weight is 244 g/mol. The molecular formula is C12H12N4O2. The Balaban J connectivity index is 2.22. The highest BCUT2D eigenvalue weighted by Crippen LogP contribution is 2.25. The number of anilines is 1. The maximum absolute atomic E-state index is 10.8. The smallest absolute Gasteiger partial charge is 0.310 e. The van der Waals surface area contributed by atoms with E-state index in [1.807, 2.05) is 25.1 Å². The normalized spacial score (nSPS) is 11.8. The van der Waals surface area contributed by atoms with Crippen LogP contribution in [0.4, 0.5) is 11.4 Å². The molecule has 2 heterocycles. The SMILES string of the molecule is CC(Nc1ccncc1[N+](=O)[O-])c1ccccn1. The van der Waals surface area contributed by atoms with E-state index < -0.39 is 4.92 Å². The van der Waals surface area contributed by atoms with Gasteiger partial charge in [-0.2, -0.15) is 0 Å². The fourth-order valence-corrected chi connectivity index (χ4v) is 1.59. The van der Waals surface area contributed by atoms with Crippen molar-refractivity contribution in [2.24, 2.45) is 0 Å². The van der Waals surface area contributed by atoms with Gasteiger partial charge in [0.15, 0.2) is 0 Å². The number of nitro groups is 1. The highest BCUT2D eigenvalue weighted by atomic mass is 16.6. The average Bonchev–Trinajstić information content (AvgIpc) is 2.40. The molecule has 0 aliphatic carbocycles. The van der Waals surface area contributed by atoms with Crippen LogP contribution in [0.1, 0.15) is 18.7 Å². The molecular weight excluding hydrogens is 232 g/mol. The minimum atomic E-state index is -0.458. The van der Waals surface area contributed by atoms with Crippen LogP contribution < -0.4 is 5.32 Å². The maximum atomic E-state index is 10.8. The third kappa shape index (κ3) is 2.60. The first-order chi connectivity index (χ1) is 8.68. The van der Waals surface area contributed by atoms with Gasteiger partial charge in [-0.05, 0) is 25.1 Å². The second-order valence-corrected chi connectivity index (χ2v) is 3.77. The largest absolute Gasteiger partial charge is 0.371 e. The van der Waals surface area contributed by atoms with Crippen LogP contribution >= 0.6 is 0 Å². The molecule has 0 saturated heterocycles. The summed E-state index contributed by atoms with van der Waals surface area (Å²) in [5.74, 6) is 0. The molecule has 0 bridgehead atoms. The molecule has 0 fully saturated rings. The van der Waals surface area contributed by atoms with Crippen molar-refractivity contribution in [3.05, 3.63) is 58.7 Å². The van der Waals surface area contributed by atoms with Crippen molar-refractivity contribution in [2.75, 3.05) is 5.32 Å². The van der Waals surface area contributed by atoms with Gasteiger partial charge in [-0.15, -0.1) is 0 Å². The lowest BCUT2D eigenvalue weighted by atomic mass is 10.2. The van der Waals surface area contributed by atoms with Crippen LogP contribution in [0, 0.1) is 10.1 Å². The van der Waals surface area contributed by atoms with Gasteiger partial charge in [0.25, 0.3) is 0 Å². The van der Waals surface area contributed by atoms with E-state index in [9.17, 15) is 10.1 Å². The molecule has 2 rings (SSSR count).